The van der Waals surface area contributed by atoms with Gasteiger partial charge in [-0.3, -0.25) is 4.79 Å². The van der Waals surface area contributed by atoms with E-state index in [0.717, 1.165) is 42.6 Å². The highest BCUT2D eigenvalue weighted by molar-refractivity contribution is 5.91. The van der Waals surface area contributed by atoms with Gasteiger partial charge in [0.1, 0.15) is 0 Å². The molecule has 20 heavy (non-hydrogen) atoms. The number of hydrogen-bond donors (Lipinski definition) is 1. The van der Waals surface area contributed by atoms with E-state index in [9.17, 15) is 4.79 Å². The van der Waals surface area contributed by atoms with Gasteiger partial charge >= 0.3 is 0 Å². The number of pyridine rings is 1. The summed E-state index contributed by atoms with van der Waals surface area (Å²) in [5, 5.41) is 4.46. The first kappa shape index (κ1) is 13.2. The molecule has 1 unspecified atom stereocenters. The van der Waals surface area contributed by atoms with Gasteiger partial charge < -0.3 is 14.6 Å². The van der Waals surface area contributed by atoms with Crippen molar-refractivity contribution in [2.24, 2.45) is 7.05 Å². The number of ether oxygens (including phenoxy) is 1. The number of aromatic nitrogens is 1. The molecule has 0 aliphatic carbocycles. The fourth-order valence-corrected chi connectivity index (χ4v) is 2.75. The van der Waals surface area contributed by atoms with Gasteiger partial charge in [-0.15, -0.1) is 0 Å². The molecule has 0 amide bonds. The summed E-state index contributed by atoms with van der Waals surface area (Å²) in [7, 11) is 1.80. The second-order valence-electron chi connectivity index (χ2n) is 5.34. The molecule has 2 heterocycles. The molecule has 1 aliphatic rings. The number of nitrogens with one attached hydrogen (secondary N) is 1. The van der Waals surface area contributed by atoms with Crippen LogP contribution < -0.4 is 10.9 Å². The van der Waals surface area contributed by atoms with Gasteiger partial charge in [0.25, 0.3) is 5.56 Å². The zero-order valence-corrected chi connectivity index (χ0v) is 11.8. The van der Waals surface area contributed by atoms with Crippen molar-refractivity contribution in [1.82, 2.24) is 4.57 Å². The number of nitrogens with zero attached hydrogens (tertiary/aromatic N) is 1. The number of fused-ring (bicyclic) bond motifs is 1. The highest BCUT2D eigenvalue weighted by Crippen LogP contribution is 2.21. The monoisotopic (exact) mass is 272 g/mol. The third-order valence-electron chi connectivity index (χ3n) is 3.95. The van der Waals surface area contributed by atoms with Crippen molar-refractivity contribution in [3.05, 3.63) is 40.7 Å². The maximum absolute atomic E-state index is 12.0. The molecular weight excluding hydrogens is 252 g/mol. The summed E-state index contributed by atoms with van der Waals surface area (Å²) in [5.41, 5.74) is 1.86. The van der Waals surface area contributed by atoms with Crippen molar-refractivity contribution in [3.63, 3.8) is 0 Å². The van der Waals surface area contributed by atoms with Crippen LogP contribution in [-0.2, 0) is 11.8 Å². The summed E-state index contributed by atoms with van der Waals surface area (Å²) in [6, 6.07) is 9.63. The van der Waals surface area contributed by atoms with E-state index in [1.807, 2.05) is 24.3 Å². The summed E-state index contributed by atoms with van der Waals surface area (Å²) in [5.74, 6) is 0. The van der Waals surface area contributed by atoms with E-state index in [1.165, 1.54) is 6.42 Å². The first-order chi connectivity index (χ1) is 9.75. The summed E-state index contributed by atoms with van der Waals surface area (Å²) in [6.07, 6.45) is 3.73. The lowest BCUT2D eigenvalue weighted by atomic mass is 10.1. The van der Waals surface area contributed by atoms with Crippen LogP contribution in [0.4, 0.5) is 5.69 Å². The van der Waals surface area contributed by atoms with Gasteiger partial charge in [-0.05, 0) is 25.3 Å². The van der Waals surface area contributed by atoms with Crippen LogP contribution in [0.25, 0.3) is 10.9 Å². The average Bonchev–Trinajstić information content (AvgIpc) is 2.50. The minimum absolute atomic E-state index is 0.00997. The van der Waals surface area contributed by atoms with E-state index in [0.29, 0.717) is 0 Å². The second-order valence-corrected chi connectivity index (χ2v) is 5.34. The third-order valence-corrected chi connectivity index (χ3v) is 3.95. The van der Waals surface area contributed by atoms with Crippen LogP contribution in [-0.4, -0.2) is 23.8 Å². The normalized spacial score (nSPS) is 19.1. The van der Waals surface area contributed by atoms with Crippen LogP contribution in [0.15, 0.2) is 35.1 Å². The minimum Gasteiger partial charge on any atom is -0.382 e. The van der Waals surface area contributed by atoms with Crippen LogP contribution in [0.1, 0.15) is 19.3 Å². The van der Waals surface area contributed by atoms with Crippen molar-refractivity contribution in [3.8, 4) is 0 Å². The summed E-state index contributed by atoms with van der Waals surface area (Å²) in [4.78, 5) is 12.0. The van der Waals surface area contributed by atoms with Crippen LogP contribution in [0, 0.1) is 0 Å². The Kier molecular flexibility index (Phi) is 3.74. The van der Waals surface area contributed by atoms with Gasteiger partial charge in [0.15, 0.2) is 0 Å². The highest BCUT2D eigenvalue weighted by atomic mass is 16.5. The Morgan fingerprint density at radius 3 is 3.00 bits per heavy atom. The fraction of sp³-hybridized carbons (Fsp3) is 0.438. The summed E-state index contributed by atoms with van der Waals surface area (Å²) in [6.45, 7) is 1.61. The van der Waals surface area contributed by atoms with E-state index in [2.05, 4.69) is 5.32 Å². The maximum Gasteiger partial charge on any atom is 0.252 e. The second kappa shape index (κ2) is 5.67. The highest BCUT2D eigenvalue weighted by Gasteiger charge is 2.14. The van der Waals surface area contributed by atoms with Crippen molar-refractivity contribution in [2.45, 2.75) is 25.4 Å². The molecule has 0 saturated carbocycles. The van der Waals surface area contributed by atoms with Gasteiger partial charge in [0.2, 0.25) is 0 Å². The zero-order chi connectivity index (χ0) is 13.9. The van der Waals surface area contributed by atoms with Crippen molar-refractivity contribution in [2.75, 3.05) is 18.5 Å². The molecule has 1 fully saturated rings. The van der Waals surface area contributed by atoms with Crippen LogP contribution in [0.2, 0.25) is 0 Å². The predicted octanol–water partition coefficient (Wildman–Crippen LogP) is 2.52. The quantitative estimate of drug-likeness (QED) is 0.933. The van der Waals surface area contributed by atoms with Gasteiger partial charge in [-0.25, -0.2) is 0 Å². The molecule has 3 rings (SSSR count). The number of hydrogen-bond acceptors (Lipinski definition) is 3. The van der Waals surface area contributed by atoms with Crippen LogP contribution in [0.5, 0.6) is 0 Å². The summed E-state index contributed by atoms with van der Waals surface area (Å²) >= 11 is 0. The SMILES string of the molecule is Cn1c(=O)cc(NCC2CCCCO2)c2ccccc21. The van der Waals surface area contributed by atoms with E-state index in [1.54, 1.807) is 17.7 Å². The smallest absolute Gasteiger partial charge is 0.252 e. The number of benzene rings is 1. The van der Waals surface area contributed by atoms with Crippen LogP contribution in [0.3, 0.4) is 0 Å². The number of aryl methyl sites for hydroxylation is 1. The lowest BCUT2D eigenvalue weighted by Gasteiger charge is -2.23. The minimum atomic E-state index is 0.00997. The fourth-order valence-electron chi connectivity index (χ4n) is 2.75. The molecule has 1 aliphatic heterocycles. The average molecular weight is 272 g/mol. The number of anilines is 1. The molecule has 0 radical (unpaired) electrons. The Balaban J connectivity index is 1.87. The number of para-hydroxylation sites is 1. The van der Waals surface area contributed by atoms with E-state index in [4.69, 9.17) is 4.74 Å². The Labute approximate surface area is 118 Å². The molecule has 1 atom stereocenters. The zero-order valence-electron chi connectivity index (χ0n) is 11.8. The molecular formula is C16H20N2O2. The summed E-state index contributed by atoms with van der Waals surface area (Å²) < 4.78 is 7.40. The van der Waals surface area contributed by atoms with Gasteiger partial charge in [0.05, 0.1) is 11.6 Å². The van der Waals surface area contributed by atoms with Crippen LogP contribution >= 0.6 is 0 Å². The third kappa shape index (κ3) is 2.56. The topological polar surface area (TPSA) is 43.3 Å². The lowest BCUT2D eigenvalue weighted by molar-refractivity contribution is 0.0248. The number of rotatable bonds is 3. The molecule has 1 aromatic heterocycles. The van der Waals surface area contributed by atoms with E-state index >= 15 is 0 Å². The molecule has 0 bridgehead atoms. The lowest BCUT2D eigenvalue weighted by Crippen LogP contribution is -2.27. The standard InChI is InChI=1S/C16H20N2O2/c1-18-15-8-3-2-7-13(15)14(10-16(18)19)17-11-12-6-4-5-9-20-12/h2-3,7-8,10,12,17H,4-6,9,11H2,1H3. The first-order valence-corrected chi connectivity index (χ1v) is 7.20. The van der Waals surface area contributed by atoms with Crippen molar-refractivity contribution < 1.29 is 4.74 Å². The molecule has 106 valence electrons. The van der Waals surface area contributed by atoms with Gasteiger partial charge in [-0.1, -0.05) is 18.2 Å². The van der Waals surface area contributed by atoms with Gasteiger partial charge in [-0.2, -0.15) is 0 Å². The molecule has 1 N–H and O–H groups in total. The maximum atomic E-state index is 12.0. The Morgan fingerprint density at radius 1 is 1.35 bits per heavy atom. The Hall–Kier alpha value is -1.81. The first-order valence-electron chi connectivity index (χ1n) is 7.20. The van der Waals surface area contributed by atoms with E-state index in [-0.39, 0.29) is 11.7 Å². The van der Waals surface area contributed by atoms with Gasteiger partial charge in [0, 0.05) is 37.3 Å². The molecule has 1 saturated heterocycles. The van der Waals surface area contributed by atoms with Crippen molar-refractivity contribution in [1.29, 1.82) is 0 Å². The predicted molar refractivity (Wildman–Crippen MR) is 81.3 cm³/mol. The largest absolute Gasteiger partial charge is 0.382 e. The van der Waals surface area contributed by atoms with E-state index < -0.39 is 0 Å². The Bertz CT molecular complexity index is 657. The van der Waals surface area contributed by atoms with Crippen molar-refractivity contribution >= 4 is 16.6 Å². The molecule has 4 heteroatoms. The molecule has 0 spiro atoms. The molecule has 1 aromatic carbocycles. The molecule has 2 aromatic rings. The Morgan fingerprint density at radius 2 is 2.20 bits per heavy atom. The molecule has 4 nitrogen and oxygen atoms in total.